The summed E-state index contributed by atoms with van der Waals surface area (Å²) in [7, 11) is 0. The van der Waals surface area contributed by atoms with Crippen LogP contribution in [0.25, 0.3) is 0 Å². The van der Waals surface area contributed by atoms with Gasteiger partial charge in [-0.2, -0.15) is 0 Å². The van der Waals surface area contributed by atoms with Crippen molar-refractivity contribution >= 4 is 0 Å². The lowest BCUT2D eigenvalue weighted by Crippen LogP contribution is -2.53. The molecule has 0 fully saturated rings. The normalized spacial score (nSPS) is 14.0. The van der Waals surface area contributed by atoms with E-state index < -0.39 is 0 Å². The molecule has 0 spiro atoms. The molecule has 0 aliphatic heterocycles. The first-order chi connectivity index (χ1) is 5.25. The van der Waals surface area contributed by atoms with Crippen molar-refractivity contribution in [2.45, 2.75) is 66.0 Å². The lowest BCUT2D eigenvalue weighted by atomic mass is 9.92. The van der Waals surface area contributed by atoms with Gasteiger partial charge in [0, 0.05) is 11.1 Å². The molecule has 0 saturated heterocycles. The molecule has 0 rings (SSSR count). The molecule has 0 saturated carbocycles. The van der Waals surface area contributed by atoms with Crippen LogP contribution in [0.5, 0.6) is 0 Å². The van der Waals surface area contributed by atoms with Crippen molar-refractivity contribution in [3.63, 3.8) is 0 Å². The second-order valence-corrected chi connectivity index (χ2v) is 5.08. The van der Waals surface area contributed by atoms with Crippen LogP contribution in [-0.2, 0) is 0 Å². The van der Waals surface area contributed by atoms with Crippen LogP contribution in [-0.4, -0.2) is 22.5 Å². The summed E-state index contributed by atoms with van der Waals surface area (Å²) >= 11 is 0. The fraction of sp³-hybridized carbons (Fsp3) is 1.00. The molecular formula is C11H25N. The van der Waals surface area contributed by atoms with Gasteiger partial charge in [-0.1, -0.05) is 13.8 Å². The van der Waals surface area contributed by atoms with Crippen LogP contribution in [0, 0.1) is 0 Å². The summed E-state index contributed by atoms with van der Waals surface area (Å²) in [6.45, 7) is 17.1. The molecule has 0 aromatic heterocycles. The van der Waals surface area contributed by atoms with E-state index in [2.05, 4.69) is 53.4 Å². The van der Waals surface area contributed by atoms with Crippen molar-refractivity contribution < 1.29 is 0 Å². The first kappa shape index (κ1) is 12.0. The highest BCUT2D eigenvalue weighted by Gasteiger charge is 2.31. The highest BCUT2D eigenvalue weighted by atomic mass is 15.2. The Kier molecular flexibility index (Phi) is 3.77. The number of nitrogens with zero attached hydrogens (tertiary/aromatic N) is 1. The van der Waals surface area contributed by atoms with Gasteiger partial charge < -0.3 is 0 Å². The van der Waals surface area contributed by atoms with E-state index in [1.807, 2.05) is 0 Å². The van der Waals surface area contributed by atoms with Gasteiger partial charge in [0.05, 0.1) is 0 Å². The maximum absolute atomic E-state index is 2.56. The summed E-state index contributed by atoms with van der Waals surface area (Å²) < 4.78 is 0. The Morgan fingerprint density at radius 2 is 1.33 bits per heavy atom. The Labute approximate surface area is 78.1 Å². The summed E-state index contributed by atoms with van der Waals surface area (Å²) in [4.78, 5) is 2.56. The first-order valence-electron chi connectivity index (χ1n) is 5.03. The van der Waals surface area contributed by atoms with E-state index in [0.717, 1.165) is 6.54 Å². The fourth-order valence-electron chi connectivity index (χ4n) is 2.00. The van der Waals surface area contributed by atoms with Gasteiger partial charge in [-0.25, -0.2) is 0 Å². The van der Waals surface area contributed by atoms with E-state index in [9.17, 15) is 0 Å². The van der Waals surface area contributed by atoms with Gasteiger partial charge in [-0.05, 0) is 47.6 Å². The Bertz CT molecular complexity index is 130. The number of rotatable bonds is 3. The smallest absolute Gasteiger partial charge is 0.0155 e. The topological polar surface area (TPSA) is 3.24 Å². The van der Waals surface area contributed by atoms with Gasteiger partial charge in [0.1, 0.15) is 0 Å². The van der Waals surface area contributed by atoms with Crippen molar-refractivity contribution in [1.29, 1.82) is 0 Å². The van der Waals surface area contributed by atoms with Gasteiger partial charge in [-0.15, -0.1) is 0 Å². The van der Waals surface area contributed by atoms with E-state index in [1.54, 1.807) is 0 Å². The van der Waals surface area contributed by atoms with Crippen LogP contribution < -0.4 is 0 Å². The monoisotopic (exact) mass is 171 g/mol. The molecule has 12 heavy (non-hydrogen) atoms. The number of hydrogen-bond donors (Lipinski definition) is 0. The third-order valence-electron chi connectivity index (χ3n) is 2.72. The minimum absolute atomic E-state index is 0.286. The summed E-state index contributed by atoms with van der Waals surface area (Å²) in [6.07, 6.45) is 1.21. The zero-order valence-corrected chi connectivity index (χ0v) is 9.86. The van der Waals surface area contributed by atoms with E-state index in [0.29, 0.717) is 5.54 Å². The van der Waals surface area contributed by atoms with E-state index in [1.165, 1.54) is 6.42 Å². The molecule has 1 nitrogen and oxygen atoms in total. The van der Waals surface area contributed by atoms with Crippen LogP contribution in [0.2, 0.25) is 0 Å². The van der Waals surface area contributed by atoms with Crippen molar-refractivity contribution in [1.82, 2.24) is 4.90 Å². The Morgan fingerprint density at radius 1 is 0.917 bits per heavy atom. The zero-order valence-electron chi connectivity index (χ0n) is 9.86. The third kappa shape index (κ3) is 2.78. The quantitative estimate of drug-likeness (QED) is 0.630. The summed E-state index contributed by atoms with van der Waals surface area (Å²) in [5.74, 6) is 0. The molecule has 74 valence electrons. The molecule has 0 unspecified atom stereocenters. The van der Waals surface area contributed by atoms with Gasteiger partial charge in [0.25, 0.3) is 0 Å². The maximum Gasteiger partial charge on any atom is 0.0155 e. The molecule has 0 heterocycles. The van der Waals surface area contributed by atoms with Crippen LogP contribution in [0.15, 0.2) is 0 Å². The molecule has 0 aliphatic rings. The largest absolute Gasteiger partial charge is 0.294 e. The summed E-state index contributed by atoms with van der Waals surface area (Å²) in [5.41, 5.74) is 0.612. The zero-order chi connectivity index (χ0) is 9.99. The van der Waals surface area contributed by atoms with Crippen LogP contribution in [0.4, 0.5) is 0 Å². The maximum atomic E-state index is 2.56. The van der Waals surface area contributed by atoms with Crippen LogP contribution >= 0.6 is 0 Å². The van der Waals surface area contributed by atoms with Gasteiger partial charge in [-0.3, -0.25) is 4.90 Å². The average molecular weight is 171 g/mol. The lowest BCUT2D eigenvalue weighted by molar-refractivity contribution is 0.0301. The fourth-order valence-corrected chi connectivity index (χ4v) is 2.00. The molecule has 0 N–H and O–H groups in total. The predicted octanol–water partition coefficient (Wildman–Crippen LogP) is 3.30. The highest BCUT2D eigenvalue weighted by Crippen LogP contribution is 2.26. The molecule has 0 aliphatic carbocycles. The van der Waals surface area contributed by atoms with E-state index >= 15 is 0 Å². The van der Waals surface area contributed by atoms with Crippen molar-refractivity contribution in [2.24, 2.45) is 0 Å². The number of hydrogen-bond acceptors (Lipinski definition) is 1. The molecule has 0 aromatic carbocycles. The van der Waals surface area contributed by atoms with Gasteiger partial charge >= 0.3 is 0 Å². The minimum Gasteiger partial charge on any atom is -0.294 e. The standard InChI is InChI=1S/C11H25N/c1-8-11(6,7)12(9-2)10(3,4)5/h8-9H2,1-7H3. The SMILES string of the molecule is CCN(C(C)(C)C)C(C)(C)CC. The lowest BCUT2D eigenvalue weighted by Gasteiger charge is -2.46. The molecule has 0 bridgehead atoms. The second-order valence-electron chi connectivity index (χ2n) is 5.08. The Morgan fingerprint density at radius 3 is 1.42 bits per heavy atom. The average Bonchev–Trinajstić information content (AvgIpc) is 1.85. The Balaban J connectivity index is 4.56. The van der Waals surface area contributed by atoms with Gasteiger partial charge in [0.15, 0.2) is 0 Å². The van der Waals surface area contributed by atoms with E-state index in [4.69, 9.17) is 0 Å². The molecule has 1 heteroatoms. The molecule has 0 atom stereocenters. The highest BCUT2D eigenvalue weighted by molar-refractivity contribution is 4.87. The molecule has 0 radical (unpaired) electrons. The predicted molar refractivity (Wildman–Crippen MR) is 56.5 cm³/mol. The van der Waals surface area contributed by atoms with E-state index in [-0.39, 0.29) is 5.54 Å². The van der Waals surface area contributed by atoms with Crippen molar-refractivity contribution in [2.75, 3.05) is 6.54 Å². The van der Waals surface area contributed by atoms with Crippen LogP contribution in [0.1, 0.15) is 54.9 Å². The summed E-state index contributed by atoms with van der Waals surface area (Å²) in [5, 5.41) is 0. The summed E-state index contributed by atoms with van der Waals surface area (Å²) in [6, 6.07) is 0. The van der Waals surface area contributed by atoms with Crippen molar-refractivity contribution in [3.05, 3.63) is 0 Å². The molecular weight excluding hydrogens is 146 g/mol. The van der Waals surface area contributed by atoms with Crippen LogP contribution in [0.3, 0.4) is 0 Å². The minimum atomic E-state index is 0.286. The first-order valence-corrected chi connectivity index (χ1v) is 5.03. The van der Waals surface area contributed by atoms with Crippen molar-refractivity contribution in [3.8, 4) is 0 Å². The van der Waals surface area contributed by atoms with Gasteiger partial charge in [0.2, 0.25) is 0 Å². The Hall–Kier alpha value is -0.0400. The molecule has 0 amide bonds. The third-order valence-corrected chi connectivity index (χ3v) is 2.72. The molecule has 0 aromatic rings. The second kappa shape index (κ2) is 3.78.